The molecular weight excluding hydrogens is 334 g/mol. The maximum absolute atomic E-state index is 5.78. The number of hydrogen-bond acceptors (Lipinski definition) is 6. The molecule has 3 rings (SSSR count). The van der Waals surface area contributed by atoms with Crippen molar-refractivity contribution in [2.75, 3.05) is 11.8 Å². The Labute approximate surface area is 144 Å². The highest BCUT2D eigenvalue weighted by Crippen LogP contribution is 2.34. The normalized spacial score (nSPS) is 10.1. The number of nitrogens with one attached hydrogen (secondary N) is 1. The first-order valence-electron chi connectivity index (χ1n) is 7.08. The lowest BCUT2D eigenvalue weighted by Crippen LogP contribution is -1.99. The molecule has 0 saturated heterocycles. The van der Waals surface area contributed by atoms with Gasteiger partial charge in [-0.05, 0) is 24.1 Å². The van der Waals surface area contributed by atoms with Crippen molar-refractivity contribution < 1.29 is 4.74 Å². The summed E-state index contributed by atoms with van der Waals surface area (Å²) in [6.45, 7) is 4.00. The average Bonchev–Trinajstić information content (AvgIpc) is 2.97. The number of nitrogens with zero attached hydrogens (tertiary/aromatic N) is 4. The molecule has 122 valence electrons. The van der Waals surface area contributed by atoms with Gasteiger partial charge < -0.3 is 9.46 Å². The molecule has 3 heterocycles. The van der Waals surface area contributed by atoms with Gasteiger partial charge in [-0.2, -0.15) is 5.10 Å². The zero-order valence-corrected chi connectivity index (χ0v) is 14.9. The van der Waals surface area contributed by atoms with E-state index in [2.05, 4.69) is 19.8 Å². The van der Waals surface area contributed by atoms with E-state index in [1.54, 1.807) is 36.4 Å². The minimum atomic E-state index is 0.465. The van der Waals surface area contributed by atoms with Crippen LogP contribution in [-0.4, -0.2) is 26.9 Å². The predicted molar refractivity (Wildman–Crippen MR) is 95.1 cm³/mol. The Morgan fingerprint density at radius 1 is 1.17 bits per heavy atom. The lowest BCUT2D eigenvalue weighted by Gasteiger charge is -2.11. The fourth-order valence-corrected chi connectivity index (χ4v) is 2.69. The van der Waals surface area contributed by atoms with Gasteiger partial charge in [-0.1, -0.05) is 25.4 Å². The van der Waals surface area contributed by atoms with Crippen LogP contribution < -0.4 is 9.46 Å². The zero-order chi connectivity index (χ0) is 16.8. The third-order valence-corrected chi connectivity index (χ3v) is 3.91. The lowest BCUT2D eigenvalue weighted by molar-refractivity contribution is 0.401. The topological polar surface area (TPSA) is 64.9 Å². The Morgan fingerprint density at radius 2 is 1.96 bits per heavy atom. The average molecular weight is 352 g/mol. The molecule has 3 aromatic rings. The SMILES string of the molecule is CC.COc1ncc2cnn(C)c2c1NSc1ccc(Cl)nc1. The summed E-state index contributed by atoms with van der Waals surface area (Å²) in [4.78, 5) is 9.25. The van der Waals surface area contributed by atoms with Gasteiger partial charge >= 0.3 is 0 Å². The van der Waals surface area contributed by atoms with E-state index in [4.69, 9.17) is 16.3 Å². The Hall–Kier alpha value is -1.99. The summed E-state index contributed by atoms with van der Waals surface area (Å²) >= 11 is 7.18. The lowest BCUT2D eigenvalue weighted by atomic mass is 10.3. The Morgan fingerprint density at radius 3 is 2.61 bits per heavy atom. The summed E-state index contributed by atoms with van der Waals surface area (Å²) in [5.74, 6) is 0.514. The number of rotatable bonds is 4. The number of aromatic nitrogens is 4. The van der Waals surface area contributed by atoms with E-state index >= 15 is 0 Å². The molecule has 0 saturated carbocycles. The Kier molecular flexibility index (Phi) is 6.06. The first-order valence-corrected chi connectivity index (χ1v) is 8.27. The minimum Gasteiger partial charge on any atom is -0.479 e. The van der Waals surface area contributed by atoms with Crippen LogP contribution in [0, 0.1) is 0 Å². The first-order chi connectivity index (χ1) is 11.2. The van der Waals surface area contributed by atoms with Crippen LogP contribution in [0.15, 0.2) is 35.6 Å². The van der Waals surface area contributed by atoms with E-state index in [0.29, 0.717) is 11.0 Å². The van der Waals surface area contributed by atoms with Crippen LogP contribution in [0.25, 0.3) is 10.9 Å². The monoisotopic (exact) mass is 351 g/mol. The molecule has 8 heteroatoms. The van der Waals surface area contributed by atoms with Crippen LogP contribution in [-0.2, 0) is 7.05 Å². The largest absolute Gasteiger partial charge is 0.479 e. The van der Waals surface area contributed by atoms with Crippen molar-refractivity contribution in [3.63, 3.8) is 0 Å². The van der Waals surface area contributed by atoms with Crippen LogP contribution in [0.3, 0.4) is 0 Å². The van der Waals surface area contributed by atoms with Gasteiger partial charge in [-0.15, -0.1) is 0 Å². The van der Waals surface area contributed by atoms with Gasteiger partial charge in [0, 0.05) is 29.7 Å². The fraction of sp³-hybridized carbons (Fsp3) is 0.267. The summed E-state index contributed by atoms with van der Waals surface area (Å²) in [6, 6.07) is 3.63. The number of pyridine rings is 2. The highest BCUT2D eigenvalue weighted by atomic mass is 35.5. The number of methoxy groups -OCH3 is 1. The number of anilines is 1. The Balaban J connectivity index is 0.000000924. The van der Waals surface area contributed by atoms with Gasteiger partial charge in [0.25, 0.3) is 0 Å². The van der Waals surface area contributed by atoms with Gasteiger partial charge in [-0.25, -0.2) is 9.97 Å². The Bertz CT molecular complexity index is 775. The molecule has 0 radical (unpaired) electrons. The fourth-order valence-electron chi connectivity index (χ4n) is 1.93. The first kappa shape index (κ1) is 17.4. The molecule has 0 aliphatic carbocycles. The maximum Gasteiger partial charge on any atom is 0.240 e. The summed E-state index contributed by atoms with van der Waals surface area (Å²) in [5.41, 5.74) is 1.70. The molecule has 3 aromatic heterocycles. The molecule has 0 fully saturated rings. The minimum absolute atomic E-state index is 0.465. The van der Waals surface area contributed by atoms with Crippen molar-refractivity contribution in [3.05, 3.63) is 35.9 Å². The van der Waals surface area contributed by atoms with Crippen molar-refractivity contribution in [2.24, 2.45) is 7.05 Å². The molecule has 0 amide bonds. The second-order valence-electron chi connectivity index (χ2n) is 4.24. The number of fused-ring (bicyclic) bond motifs is 1. The molecule has 0 aromatic carbocycles. The van der Waals surface area contributed by atoms with Gasteiger partial charge in [-0.3, -0.25) is 4.68 Å². The quantitative estimate of drug-likeness (QED) is 0.562. The van der Waals surface area contributed by atoms with Crippen molar-refractivity contribution in [1.82, 2.24) is 19.7 Å². The zero-order valence-electron chi connectivity index (χ0n) is 13.4. The second-order valence-corrected chi connectivity index (χ2v) is 5.50. The number of halogens is 1. The van der Waals surface area contributed by atoms with Crippen LogP contribution in [0.4, 0.5) is 5.69 Å². The smallest absolute Gasteiger partial charge is 0.240 e. The van der Waals surface area contributed by atoms with E-state index < -0.39 is 0 Å². The van der Waals surface area contributed by atoms with Crippen LogP contribution >= 0.6 is 23.5 Å². The number of aryl methyl sites for hydroxylation is 1. The molecule has 0 bridgehead atoms. The summed E-state index contributed by atoms with van der Waals surface area (Å²) in [5, 5.41) is 5.65. The van der Waals surface area contributed by atoms with Gasteiger partial charge in [0.2, 0.25) is 5.88 Å². The van der Waals surface area contributed by atoms with Crippen molar-refractivity contribution in [3.8, 4) is 5.88 Å². The van der Waals surface area contributed by atoms with Crippen LogP contribution in [0.1, 0.15) is 13.8 Å². The van der Waals surface area contributed by atoms with Gasteiger partial charge in [0.05, 0.1) is 18.8 Å². The summed E-state index contributed by atoms with van der Waals surface area (Å²) in [7, 11) is 3.46. The van der Waals surface area contributed by atoms with E-state index in [0.717, 1.165) is 21.5 Å². The van der Waals surface area contributed by atoms with Crippen LogP contribution in [0.2, 0.25) is 5.15 Å². The number of ether oxygens (including phenoxy) is 1. The van der Waals surface area contributed by atoms with E-state index in [-0.39, 0.29) is 0 Å². The molecule has 1 N–H and O–H groups in total. The summed E-state index contributed by atoms with van der Waals surface area (Å²) in [6.07, 6.45) is 5.20. The number of hydrogen-bond donors (Lipinski definition) is 1. The van der Waals surface area contributed by atoms with Crippen LogP contribution in [0.5, 0.6) is 5.88 Å². The molecule has 0 aliphatic heterocycles. The van der Waals surface area contributed by atoms with Crippen molar-refractivity contribution in [1.29, 1.82) is 0 Å². The van der Waals surface area contributed by atoms with E-state index in [1.807, 2.05) is 27.0 Å². The highest BCUT2D eigenvalue weighted by molar-refractivity contribution is 8.00. The predicted octanol–water partition coefficient (Wildman–Crippen LogP) is 4.17. The van der Waals surface area contributed by atoms with Gasteiger partial charge in [0.1, 0.15) is 10.8 Å². The second kappa shape index (κ2) is 8.03. The molecule has 0 spiro atoms. The molecule has 0 atom stereocenters. The highest BCUT2D eigenvalue weighted by Gasteiger charge is 2.13. The molecule has 23 heavy (non-hydrogen) atoms. The standard InChI is InChI=1S/C13H12ClN5OS.C2H6/c1-19-12-8(6-17-19)5-16-13(20-2)11(12)18-21-9-3-4-10(14)15-7-9;1-2/h3-7,18H,1-2H3;1-2H3. The third-order valence-electron chi connectivity index (χ3n) is 2.90. The molecule has 6 nitrogen and oxygen atoms in total. The van der Waals surface area contributed by atoms with Crippen molar-refractivity contribution >= 4 is 40.1 Å². The third kappa shape index (κ3) is 3.86. The van der Waals surface area contributed by atoms with Crippen molar-refractivity contribution in [2.45, 2.75) is 18.7 Å². The van der Waals surface area contributed by atoms with E-state index in [9.17, 15) is 0 Å². The maximum atomic E-state index is 5.78. The van der Waals surface area contributed by atoms with E-state index in [1.165, 1.54) is 11.9 Å². The van der Waals surface area contributed by atoms with Gasteiger partial charge in [0.15, 0.2) is 0 Å². The molecule has 0 aliphatic rings. The molecule has 0 unspecified atom stereocenters. The molecular formula is C15H18ClN5OS. The summed E-state index contributed by atoms with van der Waals surface area (Å²) < 4.78 is 10.4.